The number of hydrogen-bond donors (Lipinski definition) is 1. The third-order valence-electron chi connectivity index (χ3n) is 4.98. The normalized spacial score (nSPS) is 11.1. The number of amides is 1. The first-order valence-electron chi connectivity index (χ1n) is 9.60. The molecule has 3 heterocycles. The zero-order chi connectivity index (χ0) is 20.3. The third-order valence-corrected chi connectivity index (χ3v) is 4.98. The number of rotatable bonds is 5. The van der Waals surface area contributed by atoms with Gasteiger partial charge in [-0.3, -0.25) is 9.78 Å². The Labute approximate surface area is 172 Å². The lowest BCUT2D eigenvalue weighted by Crippen LogP contribution is -2.22. The second kappa shape index (κ2) is 7.71. The van der Waals surface area contributed by atoms with E-state index < -0.39 is 0 Å². The monoisotopic (exact) mass is 394 g/mol. The summed E-state index contributed by atoms with van der Waals surface area (Å²) in [5.74, 6) is -0.146. The summed E-state index contributed by atoms with van der Waals surface area (Å²) in [7, 11) is 0. The summed E-state index contributed by atoms with van der Waals surface area (Å²) >= 11 is 0. The van der Waals surface area contributed by atoms with Gasteiger partial charge < -0.3 is 9.88 Å². The molecule has 30 heavy (non-hydrogen) atoms. The van der Waals surface area contributed by atoms with Gasteiger partial charge in [0.1, 0.15) is 0 Å². The first-order chi connectivity index (χ1) is 14.8. The fraction of sp³-hybridized carbons (Fsp3) is 0.0870. The summed E-state index contributed by atoms with van der Waals surface area (Å²) in [5, 5.41) is 12.3. The molecule has 7 heteroatoms. The zero-order valence-electron chi connectivity index (χ0n) is 16.1. The van der Waals surface area contributed by atoms with E-state index >= 15 is 0 Å². The molecule has 0 bridgehead atoms. The van der Waals surface area contributed by atoms with Crippen LogP contribution in [-0.4, -0.2) is 30.6 Å². The Morgan fingerprint density at radius 1 is 0.933 bits per heavy atom. The average Bonchev–Trinajstić information content (AvgIpc) is 3.21. The van der Waals surface area contributed by atoms with Gasteiger partial charge in [0, 0.05) is 36.4 Å². The van der Waals surface area contributed by atoms with Crippen LogP contribution >= 0.6 is 0 Å². The zero-order valence-corrected chi connectivity index (χ0v) is 16.1. The number of fused-ring (bicyclic) bond motifs is 3. The Hall–Kier alpha value is -4.13. The minimum atomic E-state index is -0.146. The summed E-state index contributed by atoms with van der Waals surface area (Å²) in [6.07, 6.45) is 5.18. The van der Waals surface area contributed by atoms with Crippen LogP contribution in [0.4, 0.5) is 0 Å². The lowest BCUT2D eigenvalue weighted by Gasteiger charge is -2.08. The summed E-state index contributed by atoms with van der Waals surface area (Å²) in [4.78, 5) is 21.1. The number of carbonyl (C=O) groups excluding carboxylic acids is 1. The molecule has 5 aromatic rings. The molecule has 0 atom stereocenters. The van der Waals surface area contributed by atoms with Gasteiger partial charge in [0.2, 0.25) is 5.65 Å². The SMILES string of the molecule is O=C(NCc1ccncc1)c1ccc2nnc3ncn(Cc4ccccc4)c3c2c1. The maximum absolute atomic E-state index is 12.7. The van der Waals surface area contributed by atoms with Gasteiger partial charge in [0.25, 0.3) is 5.91 Å². The van der Waals surface area contributed by atoms with E-state index in [1.165, 1.54) is 0 Å². The minimum Gasteiger partial charge on any atom is -0.348 e. The van der Waals surface area contributed by atoms with E-state index in [1.54, 1.807) is 24.8 Å². The van der Waals surface area contributed by atoms with Crippen molar-refractivity contribution in [3.63, 3.8) is 0 Å². The van der Waals surface area contributed by atoms with E-state index in [2.05, 4.69) is 37.6 Å². The number of benzene rings is 2. The summed E-state index contributed by atoms with van der Waals surface area (Å²) in [5.41, 5.74) is 4.88. The van der Waals surface area contributed by atoms with Gasteiger partial charge in [-0.1, -0.05) is 30.3 Å². The molecule has 146 valence electrons. The number of imidazole rings is 1. The number of carbonyl (C=O) groups is 1. The fourth-order valence-corrected chi connectivity index (χ4v) is 3.46. The van der Waals surface area contributed by atoms with E-state index in [0.29, 0.717) is 24.3 Å². The van der Waals surface area contributed by atoms with Gasteiger partial charge in [0.15, 0.2) is 0 Å². The number of hydrogen-bond acceptors (Lipinski definition) is 5. The highest BCUT2D eigenvalue weighted by Crippen LogP contribution is 2.23. The Balaban J connectivity index is 1.50. The largest absolute Gasteiger partial charge is 0.348 e. The van der Waals surface area contributed by atoms with E-state index in [4.69, 9.17) is 0 Å². The molecule has 0 saturated heterocycles. The van der Waals surface area contributed by atoms with Crippen molar-refractivity contribution < 1.29 is 4.79 Å². The predicted molar refractivity (Wildman–Crippen MR) is 114 cm³/mol. The molecule has 0 aliphatic rings. The number of nitrogens with one attached hydrogen (secondary N) is 1. The standard InChI is InChI=1S/C23H18N6O/c30-23(25-13-16-8-10-24-11-9-16)18-6-7-20-19(12-18)21-22(28-27-20)26-15-29(21)14-17-4-2-1-3-5-17/h1-12,15H,13-14H2,(H,25,30). The molecule has 0 aliphatic carbocycles. The topological polar surface area (TPSA) is 85.6 Å². The van der Waals surface area contributed by atoms with Crippen molar-refractivity contribution in [3.8, 4) is 0 Å². The molecular formula is C23H18N6O. The number of aromatic nitrogens is 5. The first kappa shape index (κ1) is 17.9. The minimum absolute atomic E-state index is 0.146. The van der Waals surface area contributed by atoms with Crippen LogP contribution in [0, 0.1) is 0 Å². The smallest absolute Gasteiger partial charge is 0.251 e. The highest BCUT2D eigenvalue weighted by Gasteiger charge is 2.13. The van der Waals surface area contributed by atoms with Crippen molar-refractivity contribution in [1.29, 1.82) is 0 Å². The Morgan fingerprint density at radius 2 is 1.77 bits per heavy atom. The molecule has 0 aliphatic heterocycles. The second-order valence-electron chi connectivity index (χ2n) is 7.00. The fourth-order valence-electron chi connectivity index (χ4n) is 3.46. The summed E-state index contributed by atoms with van der Waals surface area (Å²) in [6, 6.07) is 19.4. The van der Waals surface area contributed by atoms with Crippen molar-refractivity contribution in [3.05, 3.63) is 96.1 Å². The average molecular weight is 394 g/mol. The third kappa shape index (κ3) is 3.48. The van der Waals surface area contributed by atoms with Crippen LogP contribution in [0.1, 0.15) is 21.5 Å². The van der Waals surface area contributed by atoms with Gasteiger partial charge in [-0.15, -0.1) is 10.2 Å². The Bertz CT molecular complexity index is 1330. The molecule has 0 saturated carbocycles. The molecule has 5 rings (SSSR count). The van der Waals surface area contributed by atoms with Crippen LogP contribution in [0.5, 0.6) is 0 Å². The van der Waals surface area contributed by atoms with Gasteiger partial charge in [-0.25, -0.2) is 4.98 Å². The summed E-state index contributed by atoms with van der Waals surface area (Å²) in [6.45, 7) is 1.10. The van der Waals surface area contributed by atoms with Crippen molar-refractivity contribution in [2.75, 3.05) is 0 Å². The summed E-state index contributed by atoms with van der Waals surface area (Å²) < 4.78 is 2.04. The predicted octanol–water partition coefficient (Wildman–Crippen LogP) is 3.35. The highest BCUT2D eigenvalue weighted by molar-refractivity contribution is 6.05. The second-order valence-corrected chi connectivity index (χ2v) is 7.00. The van der Waals surface area contributed by atoms with Gasteiger partial charge in [-0.2, -0.15) is 0 Å². The highest BCUT2D eigenvalue weighted by atomic mass is 16.1. The van der Waals surface area contributed by atoms with Crippen LogP contribution < -0.4 is 5.32 Å². The van der Waals surface area contributed by atoms with Crippen molar-refractivity contribution in [1.82, 2.24) is 30.0 Å². The number of pyridine rings is 1. The van der Waals surface area contributed by atoms with Crippen molar-refractivity contribution >= 4 is 28.0 Å². The van der Waals surface area contributed by atoms with Gasteiger partial charge in [-0.05, 0) is 41.5 Å². The molecule has 0 fully saturated rings. The maximum atomic E-state index is 12.7. The lowest BCUT2D eigenvalue weighted by atomic mass is 10.1. The molecule has 3 aromatic heterocycles. The van der Waals surface area contributed by atoms with Crippen LogP contribution in [0.15, 0.2) is 79.4 Å². The van der Waals surface area contributed by atoms with Gasteiger partial charge >= 0.3 is 0 Å². The van der Waals surface area contributed by atoms with E-state index in [9.17, 15) is 4.79 Å². The Kier molecular flexibility index (Phi) is 4.61. The number of nitrogens with zero attached hydrogens (tertiary/aromatic N) is 5. The van der Waals surface area contributed by atoms with Crippen LogP contribution in [0.2, 0.25) is 0 Å². The first-order valence-corrected chi connectivity index (χ1v) is 9.60. The van der Waals surface area contributed by atoms with E-state index in [1.807, 2.05) is 47.0 Å². The molecular weight excluding hydrogens is 376 g/mol. The van der Waals surface area contributed by atoms with E-state index in [0.717, 1.165) is 27.5 Å². The van der Waals surface area contributed by atoms with Crippen molar-refractivity contribution in [2.45, 2.75) is 13.1 Å². The van der Waals surface area contributed by atoms with Crippen LogP contribution in [0.3, 0.4) is 0 Å². The molecule has 2 aromatic carbocycles. The molecule has 0 spiro atoms. The van der Waals surface area contributed by atoms with Crippen LogP contribution in [-0.2, 0) is 13.1 Å². The molecule has 7 nitrogen and oxygen atoms in total. The van der Waals surface area contributed by atoms with Gasteiger partial charge in [0.05, 0.1) is 17.4 Å². The van der Waals surface area contributed by atoms with Crippen LogP contribution in [0.25, 0.3) is 22.1 Å². The lowest BCUT2D eigenvalue weighted by molar-refractivity contribution is 0.0951. The van der Waals surface area contributed by atoms with Crippen molar-refractivity contribution in [2.24, 2.45) is 0 Å². The van der Waals surface area contributed by atoms with E-state index in [-0.39, 0.29) is 5.91 Å². The Morgan fingerprint density at radius 3 is 2.60 bits per heavy atom. The molecule has 0 unspecified atom stereocenters. The quantitative estimate of drug-likeness (QED) is 0.494. The maximum Gasteiger partial charge on any atom is 0.251 e. The molecule has 1 amide bonds. The molecule has 0 radical (unpaired) electrons. The molecule has 1 N–H and O–H groups in total.